The molecule has 3 nitrogen and oxygen atoms in total. The Morgan fingerprint density at radius 2 is 2.00 bits per heavy atom. The van der Waals surface area contributed by atoms with Crippen LogP contribution in [0.4, 0.5) is 0 Å². The number of hydrogen-bond acceptors (Lipinski definition) is 3. The van der Waals surface area contributed by atoms with E-state index in [-0.39, 0.29) is 6.29 Å². The molecule has 1 heterocycles. The third kappa shape index (κ3) is 4.25. The third-order valence-electron chi connectivity index (χ3n) is 2.40. The van der Waals surface area contributed by atoms with Crippen molar-refractivity contribution in [2.45, 2.75) is 19.1 Å². The minimum absolute atomic E-state index is 0.113. The van der Waals surface area contributed by atoms with E-state index in [1.807, 2.05) is 18.2 Å². The van der Waals surface area contributed by atoms with E-state index in [1.54, 1.807) is 0 Å². The van der Waals surface area contributed by atoms with Crippen LogP contribution in [-0.4, -0.2) is 26.1 Å². The van der Waals surface area contributed by atoms with E-state index in [0.29, 0.717) is 6.61 Å². The fraction of sp³-hybridized carbons (Fsp3) is 0.500. The third-order valence-corrected chi connectivity index (χ3v) is 3.51. The lowest BCUT2D eigenvalue weighted by molar-refractivity contribution is -0.183. The molecule has 94 valence electrons. The van der Waals surface area contributed by atoms with Crippen molar-refractivity contribution in [1.82, 2.24) is 0 Å². The maximum absolute atomic E-state index is 5.67. The normalized spacial score (nSPS) is 17.1. The lowest BCUT2D eigenvalue weighted by Gasteiger charge is -2.23. The minimum atomic E-state index is -0.113. The second kappa shape index (κ2) is 6.73. The van der Waals surface area contributed by atoms with Crippen LogP contribution in [0.1, 0.15) is 12.8 Å². The summed E-state index contributed by atoms with van der Waals surface area (Å²) < 4.78 is 18.5. The molecule has 1 aliphatic heterocycles. The SMILES string of the molecule is Brc1ccc(OCCC2OCCCO2)c(Br)c1. The molecule has 1 fully saturated rings. The Hall–Kier alpha value is -0.100. The molecule has 0 bridgehead atoms. The molecule has 0 amide bonds. The molecule has 1 aromatic carbocycles. The summed E-state index contributed by atoms with van der Waals surface area (Å²) in [7, 11) is 0. The van der Waals surface area contributed by atoms with Crippen LogP contribution in [0.5, 0.6) is 5.75 Å². The fourth-order valence-electron chi connectivity index (χ4n) is 1.56. The summed E-state index contributed by atoms with van der Waals surface area (Å²) in [5, 5.41) is 0. The molecular weight excluding hydrogens is 352 g/mol. The highest BCUT2D eigenvalue weighted by molar-refractivity contribution is 9.11. The second-order valence-electron chi connectivity index (χ2n) is 3.74. The van der Waals surface area contributed by atoms with Gasteiger partial charge in [0.1, 0.15) is 5.75 Å². The van der Waals surface area contributed by atoms with Gasteiger partial charge in [-0.25, -0.2) is 0 Å². The predicted molar refractivity (Wildman–Crippen MR) is 72.3 cm³/mol. The van der Waals surface area contributed by atoms with Crippen molar-refractivity contribution >= 4 is 31.9 Å². The number of rotatable bonds is 4. The molecule has 0 saturated carbocycles. The maximum Gasteiger partial charge on any atom is 0.160 e. The van der Waals surface area contributed by atoms with Gasteiger partial charge in [-0.1, -0.05) is 15.9 Å². The van der Waals surface area contributed by atoms with Crippen molar-refractivity contribution in [3.63, 3.8) is 0 Å². The van der Waals surface area contributed by atoms with Crippen LogP contribution in [0.15, 0.2) is 27.1 Å². The molecule has 17 heavy (non-hydrogen) atoms. The quantitative estimate of drug-likeness (QED) is 0.813. The summed E-state index contributed by atoms with van der Waals surface area (Å²) >= 11 is 6.86. The molecule has 2 rings (SSSR count). The number of benzene rings is 1. The molecular formula is C12H14Br2O3. The van der Waals surface area contributed by atoms with E-state index in [4.69, 9.17) is 14.2 Å². The van der Waals surface area contributed by atoms with E-state index in [0.717, 1.165) is 40.8 Å². The zero-order chi connectivity index (χ0) is 12.1. The van der Waals surface area contributed by atoms with E-state index in [1.165, 1.54) is 0 Å². The average Bonchev–Trinajstić information content (AvgIpc) is 2.33. The van der Waals surface area contributed by atoms with Gasteiger partial charge in [0.05, 0.1) is 24.3 Å². The van der Waals surface area contributed by atoms with E-state index >= 15 is 0 Å². The minimum Gasteiger partial charge on any atom is -0.492 e. The topological polar surface area (TPSA) is 27.7 Å². The van der Waals surface area contributed by atoms with E-state index in [9.17, 15) is 0 Å². The summed E-state index contributed by atoms with van der Waals surface area (Å²) in [5.74, 6) is 0.837. The first-order valence-electron chi connectivity index (χ1n) is 5.57. The Kier molecular flexibility index (Phi) is 5.28. The number of hydrogen-bond donors (Lipinski definition) is 0. The molecule has 0 radical (unpaired) electrons. The highest BCUT2D eigenvalue weighted by atomic mass is 79.9. The smallest absolute Gasteiger partial charge is 0.160 e. The van der Waals surface area contributed by atoms with Crippen molar-refractivity contribution in [3.05, 3.63) is 27.1 Å². The average molecular weight is 366 g/mol. The summed E-state index contributed by atoms with van der Waals surface area (Å²) in [6, 6.07) is 5.84. The van der Waals surface area contributed by atoms with Gasteiger partial charge in [-0.05, 0) is 40.5 Å². The Bertz CT molecular complexity index is 365. The number of ether oxygens (including phenoxy) is 3. The Morgan fingerprint density at radius 3 is 2.71 bits per heavy atom. The van der Waals surface area contributed by atoms with Crippen LogP contribution in [0, 0.1) is 0 Å². The first-order chi connectivity index (χ1) is 8.25. The summed E-state index contributed by atoms with van der Waals surface area (Å²) in [4.78, 5) is 0. The van der Waals surface area contributed by atoms with Crippen molar-refractivity contribution in [2.24, 2.45) is 0 Å². The van der Waals surface area contributed by atoms with Crippen molar-refractivity contribution in [3.8, 4) is 5.75 Å². The monoisotopic (exact) mass is 364 g/mol. The zero-order valence-corrected chi connectivity index (χ0v) is 12.5. The molecule has 5 heteroatoms. The standard InChI is InChI=1S/C12H14Br2O3/c13-9-2-3-11(10(14)8-9)15-7-4-12-16-5-1-6-17-12/h2-3,8,12H,1,4-7H2. The van der Waals surface area contributed by atoms with Gasteiger partial charge in [-0.3, -0.25) is 0 Å². The molecule has 1 saturated heterocycles. The summed E-state index contributed by atoms with van der Waals surface area (Å²) in [6.45, 7) is 2.16. The molecule has 1 aromatic rings. The fourth-order valence-corrected chi connectivity index (χ4v) is 2.72. The molecule has 0 aliphatic carbocycles. The van der Waals surface area contributed by atoms with Gasteiger partial charge < -0.3 is 14.2 Å². The molecule has 1 aliphatic rings. The zero-order valence-electron chi connectivity index (χ0n) is 9.33. The van der Waals surface area contributed by atoms with Crippen molar-refractivity contribution in [2.75, 3.05) is 19.8 Å². The van der Waals surface area contributed by atoms with Gasteiger partial charge in [0.15, 0.2) is 6.29 Å². The van der Waals surface area contributed by atoms with Crippen LogP contribution in [0.3, 0.4) is 0 Å². The van der Waals surface area contributed by atoms with Gasteiger partial charge in [0.25, 0.3) is 0 Å². The predicted octanol–water partition coefficient (Wildman–Crippen LogP) is 3.74. The Balaban J connectivity index is 1.77. The number of halogens is 2. The summed E-state index contributed by atoms with van der Waals surface area (Å²) in [6.07, 6.45) is 1.62. The molecule has 0 atom stereocenters. The molecule has 0 N–H and O–H groups in total. The van der Waals surface area contributed by atoms with Gasteiger partial charge in [0.2, 0.25) is 0 Å². The molecule has 0 aromatic heterocycles. The largest absolute Gasteiger partial charge is 0.492 e. The van der Waals surface area contributed by atoms with Crippen LogP contribution < -0.4 is 4.74 Å². The summed E-state index contributed by atoms with van der Waals surface area (Å²) in [5.41, 5.74) is 0. The van der Waals surface area contributed by atoms with Crippen molar-refractivity contribution in [1.29, 1.82) is 0 Å². The lowest BCUT2D eigenvalue weighted by Crippen LogP contribution is -2.26. The molecule has 0 unspecified atom stereocenters. The lowest BCUT2D eigenvalue weighted by atomic mass is 10.3. The van der Waals surface area contributed by atoms with Gasteiger partial charge in [-0.15, -0.1) is 0 Å². The maximum atomic E-state index is 5.67. The highest BCUT2D eigenvalue weighted by Crippen LogP contribution is 2.28. The Labute approximate surface area is 118 Å². The van der Waals surface area contributed by atoms with Crippen LogP contribution >= 0.6 is 31.9 Å². The van der Waals surface area contributed by atoms with Crippen LogP contribution in [0.2, 0.25) is 0 Å². The Morgan fingerprint density at radius 1 is 1.24 bits per heavy atom. The van der Waals surface area contributed by atoms with Gasteiger partial charge in [-0.2, -0.15) is 0 Å². The highest BCUT2D eigenvalue weighted by Gasteiger charge is 2.14. The van der Waals surface area contributed by atoms with E-state index in [2.05, 4.69) is 31.9 Å². The first kappa shape index (κ1) is 13.3. The molecule has 0 spiro atoms. The van der Waals surface area contributed by atoms with E-state index < -0.39 is 0 Å². The van der Waals surface area contributed by atoms with Gasteiger partial charge in [0, 0.05) is 10.9 Å². The van der Waals surface area contributed by atoms with Gasteiger partial charge >= 0.3 is 0 Å². The van der Waals surface area contributed by atoms with Crippen LogP contribution in [0.25, 0.3) is 0 Å². The first-order valence-corrected chi connectivity index (χ1v) is 7.15. The van der Waals surface area contributed by atoms with Crippen LogP contribution in [-0.2, 0) is 9.47 Å². The second-order valence-corrected chi connectivity index (χ2v) is 5.51. The van der Waals surface area contributed by atoms with Crippen molar-refractivity contribution < 1.29 is 14.2 Å².